The smallest absolute Gasteiger partial charge is 0.161 e. The van der Waals surface area contributed by atoms with Gasteiger partial charge in [0.1, 0.15) is 11.9 Å². The summed E-state index contributed by atoms with van der Waals surface area (Å²) in [5.41, 5.74) is 0.752. The maximum absolute atomic E-state index is 13.2. The average Bonchev–Trinajstić information content (AvgIpc) is 2.78. The van der Waals surface area contributed by atoms with E-state index in [0.717, 1.165) is 18.1 Å². The minimum absolute atomic E-state index is 0.0485. The third kappa shape index (κ3) is 3.71. The fourth-order valence-corrected chi connectivity index (χ4v) is 3.22. The summed E-state index contributed by atoms with van der Waals surface area (Å²) in [4.78, 5) is 4.44. The van der Waals surface area contributed by atoms with Crippen LogP contribution in [0.5, 0.6) is 0 Å². The molecule has 0 amide bonds. The molecular formula is C14H16FN3S. The fourth-order valence-electron chi connectivity index (χ4n) is 1.95. The largest absolute Gasteiger partial charge is 0.335 e. The molecular weight excluding hydrogens is 261 g/mol. The zero-order chi connectivity index (χ0) is 13.8. The van der Waals surface area contributed by atoms with E-state index in [-0.39, 0.29) is 5.56 Å². The number of hydrogen-bond donors (Lipinski definition) is 1. The first-order chi connectivity index (χ1) is 9.08. The van der Waals surface area contributed by atoms with E-state index in [0.29, 0.717) is 16.9 Å². The van der Waals surface area contributed by atoms with Crippen LogP contribution in [0.1, 0.15) is 25.8 Å². The van der Waals surface area contributed by atoms with Gasteiger partial charge >= 0.3 is 0 Å². The number of nitriles is 1. The van der Waals surface area contributed by atoms with Gasteiger partial charge in [-0.15, -0.1) is 0 Å². The molecule has 1 atom stereocenters. The highest BCUT2D eigenvalue weighted by Gasteiger charge is 2.20. The number of aliphatic imine (C=N–C) groups is 1. The van der Waals surface area contributed by atoms with Crippen LogP contribution >= 0.6 is 11.8 Å². The lowest BCUT2D eigenvalue weighted by Crippen LogP contribution is -2.09. The summed E-state index contributed by atoms with van der Waals surface area (Å²) in [6.07, 6.45) is 1.13. The van der Waals surface area contributed by atoms with Crippen molar-refractivity contribution < 1.29 is 4.39 Å². The SMILES string of the molecule is CC(C)CC1CN=C(Nc2ccc(F)c(C#N)c2)S1. The predicted molar refractivity (Wildman–Crippen MR) is 77.9 cm³/mol. The van der Waals surface area contributed by atoms with Crippen molar-refractivity contribution in [3.05, 3.63) is 29.6 Å². The van der Waals surface area contributed by atoms with Gasteiger partial charge in [0.15, 0.2) is 5.17 Å². The molecule has 19 heavy (non-hydrogen) atoms. The molecule has 0 bridgehead atoms. The van der Waals surface area contributed by atoms with Crippen molar-refractivity contribution in [2.24, 2.45) is 10.9 Å². The lowest BCUT2D eigenvalue weighted by atomic mass is 10.1. The molecule has 1 heterocycles. The Kier molecular flexibility index (Phi) is 4.43. The van der Waals surface area contributed by atoms with Crippen molar-refractivity contribution >= 4 is 22.6 Å². The van der Waals surface area contributed by atoms with E-state index in [9.17, 15) is 4.39 Å². The first-order valence-corrected chi connectivity index (χ1v) is 7.14. The van der Waals surface area contributed by atoms with Crippen molar-refractivity contribution in [2.45, 2.75) is 25.5 Å². The number of halogens is 1. The maximum atomic E-state index is 13.2. The van der Waals surface area contributed by atoms with Crippen LogP contribution < -0.4 is 5.32 Å². The van der Waals surface area contributed by atoms with Crippen LogP contribution in [0.3, 0.4) is 0 Å². The van der Waals surface area contributed by atoms with Gasteiger partial charge in [0.05, 0.1) is 12.1 Å². The first kappa shape index (κ1) is 13.9. The monoisotopic (exact) mass is 277 g/mol. The molecule has 0 spiro atoms. The van der Waals surface area contributed by atoms with Gasteiger partial charge < -0.3 is 5.32 Å². The van der Waals surface area contributed by atoms with Crippen molar-refractivity contribution in [3.8, 4) is 6.07 Å². The molecule has 0 aliphatic carbocycles. The van der Waals surface area contributed by atoms with Crippen LogP contribution in [0.25, 0.3) is 0 Å². The summed E-state index contributed by atoms with van der Waals surface area (Å²) in [6, 6.07) is 6.26. The number of thioether (sulfide) groups is 1. The molecule has 1 unspecified atom stereocenters. The Bertz CT molecular complexity index is 534. The molecule has 0 saturated heterocycles. The zero-order valence-corrected chi connectivity index (χ0v) is 11.8. The van der Waals surface area contributed by atoms with Gasteiger partial charge in [-0.2, -0.15) is 5.26 Å². The van der Waals surface area contributed by atoms with Gasteiger partial charge in [0.2, 0.25) is 0 Å². The van der Waals surface area contributed by atoms with Crippen LogP contribution in [0.15, 0.2) is 23.2 Å². The Balaban J connectivity index is 1.98. The molecule has 1 aliphatic rings. The first-order valence-electron chi connectivity index (χ1n) is 6.26. The minimum Gasteiger partial charge on any atom is -0.335 e. The van der Waals surface area contributed by atoms with Crippen LogP contribution in [-0.2, 0) is 0 Å². The van der Waals surface area contributed by atoms with E-state index in [4.69, 9.17) is 5.26 Å². The predicted octanol–water partition coefficient (Wildman–Crippen LogP) is 3.63. The molecule has 1 N–H and O–H groups in total. The quantitative estimate of drug-likeness (QED) is 0.917. The average molecular weight is 277 g/mol. The maximum Gasteiger partial charge on any atom is 0.161 e. The van der Waals surface area contributed by atoms with E-state index >= 15 is 0 Å². The fraction of sp³-hybridized carbons (Fsp3) is 0.429. The number of hydrogen-bond acceptors (Lipinski definition) is 4. The topological polar surface area (TPSA) is 48.2 Å². The van der Waals surface area contributed by atoms with Crippen molar-refractivity contribution in [3.63, 3.8) is 0 Å². The minimum atomic E-state index is -0.494. The molecule has 1 aromatic rings. The molecule has 1 aromatic carbocycles. The summed E-state index contributed by atoms with van der Waals surface area (Å²) in [7, 11) is 0. The standard InChI is InChI=1S/C14H16FN3S/c1-9(2)5-12-8-17-14(19-12)18-11-3-4-13(15)10(6-11)7-16/h3-4,6,9,12H,5,8H2,1-2H3,(H,17,18). The van der Waals surface area contributed by atoms with Gasteiger partial charge in [-0.05, 0) is 30.5 Å². The summed E-state index contributed by atoms with van der Waals surface area (Å²) in [6.45, 7) is 5.22. The second-order valence-electron chi connectivity index (χ2n) is 4.95. The number of nitrogens with zero attached hydrogens (tertiary/aromatic N) is 2. The van der Waals surface area contributed by atoms with Gasteiger partial charge in [0, 0.05) is 10.9 Å². The molecule has 3 nitrogen and oxygen atoms in total. The lowest BCUT2D eigenvalue weighted by Gasteiger charge is -2.11. The Morgan fingerprint density at radius 1 is 1.58 bits per heavy atom. The van der Waals surface area contributed by atoms with Crippen LogP contribution in [0.2, 0.25) is 0 Å². The highest BCUT2D eigenvalue weighted by atomic mass is 32.2. The Morgan fingerprint density at radius 2 is 2.37 bits per heavy atom. The molecule has 5 heteroatoms. The van der Waals surface area contributed by atoms with Gasteiger partial charge in [-0.3, -0.25) is 4.99 Å². The summed E-state index contributed by atoms with van der Waals surface area (Å²) in [5.74, 6) is 0.162. The Hall–Kier alpha value is -1.54. The van der Waals surface area contributed by atoms with E-state index in [1.54, 1.807) is 17.8 Å². The highest BCUT2D eigenvalue weighted by Crippen LogP contribution is 2.27. The third-order valence-electron chi connectivity index (χ3n) is 2.79. The number of nitrogens with one attached hydrogen (secondary N) is 1. The zero-order valence-electron chi connectivity index (χ0n) is 11.0. The van der Waals surface area contributed by atoms with E-state index in [2.05, 4.69) is 24.2 Å². The number of benzene rings is 1. The third-order valence-corrected chi connectivity index (χ3v) is 3.92. The van der Waals surface area contributed by atoms with Crippen LogP contribution in [-0.4, -0.2) is 17.0 Å². The summed E-state index contributed by atoms with van der Waals surface area (Å²) >= 11 is 1.71. The molecule has 0 aromatic heterocycles. The Morgan fingerprint density at radius 3 is 3.05 bits per heavy atom. The van der Waals surface area contributed by atoms with Crippen LogP contribution in [0, 0.1) is 23.1 Å². The van der Waals surface area contributed by atoms with Crippen molar-refractivity contribution in [1.82, 2.24) is 0 Å². The lowest BCUT2D eigenvalue weighted by molar-refractivity contribution is 0.575. The van der Waals surface area contributed by atoms with Gasteiger partial charge in [-0.1, -0.05) is 25.6 Å². The van der Waals surface area contributed by atoms with Crippen LogP contribution in [0.4, 0.5) is 10.1 Å². The van der Waals surface area contributed by atoms with Crippen molar-refractivity contribution in [2.75, 3.05) is 11.9 Å². The normalized spacial score (nSPS) is 18.3. The summed E-state index contributed by atoms with van der Waals surface area (Å²) < 4.78 is 13.2. The molecule has 0 radical (unpaired) electrons. The second-order valence-corrected chi connectivity index (χ2v) is 6.24. The Labute approximate surface area is 116 Å². The number of anilines is 1. The van der Waals surface area contributed by atoms with Gasteiger partial charge in [0.25, 0.3) is 0 Å². The highest BCUT2D eigenvalue weighted by molar-refractivity contribution is 8.15. The molecule has 0 saturated carbocycles. The van der Waals surface area contributed by atoms with E-state index in [1.165, 1.54) is 12.1 Å². The molecule has 2 rings (SSSR count). The van der Waals surface area contributed by atoms with E-state index in [1.807, 2.05) is 6.07 Å². The second kappa shape index (κ2) is 6.07. The van der Waals surface area contributed by atoms with Gasteiger partial charge in [-0.25, -0.2) is 4.39 Å². The van der Waals surface area contributed by atoms with Crippen molar-refractivity contribution in [1.29, 1.82) is 5.26 Å². The molecule has 0 fully saturated rings. The summed E-state index contributed by atoms with van der Waals surface area (Å²) in [5, 5.41) is 13.3. The molecule has 1 aliphatic heterocycles. The molecule has 100 valence electrons. The van der Waals surface area contributed by atoms with E-state index < -0.39 is 5.82 Å². The number of amidine groups is 1. The number of rotatable bonds is 3.